The summed E-state index contributed by atoms with van der Waals surface area (Å²) < 4.78 is 0. The first kappa shape index (κ1) is 13.4. The summed E-state index contributed by atoms with van der Waals surface area (Å²) in [5.74, 6) is 1.38. The van der Waals surface area contributed by atoms with Crippen LogP contribution in [0.1, 0.15) is 37.7 Å². The highest BCUT2D eigenvalue weighted by Gasteiger charge is 2.37. The summed E-state index contributed by atoms with van der Waals surface area (Å²) in [4.78, 5) is 2.62. The fourth-order valence-corrected chi connectivity index (χ4v) is 3.84. The van der Waals surface area contributed by atoms with E-state index in [-0.39, 0.29) is 0 Å². The van der Waals surface area contributed by atoms with Gasteiger partial charge in [-0.2, -0.15) is 0 Å². The maximum Gasteiger partial charge on any atom is 0.0408 e. The lowest BCUT2D eigenvalue weighted by atomic mass is 9.77. The van der Waals surface area contributed by atoms with E-state index >= 15 is 0 Å². The van der Waals surface area contributed by atoms with Crippen LogP contribution in [0.3, 0.4) is 0 Å². The summed E-state index contributed by atoms with van der Waals surface area (Å²) in [6, 6.07) is 9.34. The van der Waals surface area contributed by atoms with Gasteiger partial charge < -0.3 is 5.73 Å². The van der Waals surface area contributed by atoms with Crippen molar-refractivity contribution in [1.29, 1.82) is 0 Å². The van der Waals surface area contributed by atoms with Gasteiger partial charge in [-0.3, -0.25) is 4.90 Å². The molecule has 1 aliphatic carbocycles. The first-order chi connectivity index (χ1) is 9.13. The second-order valence-electron chi connectivity index (χ2n) is 6.32. The molecule has 3 rings (SSSR count). The van der Waals surface area contributed by atoms with Crippen LogP contribution in [0.2, 0.25) is 5.02 Å². The number of halogens is 1. The molecule has 1 aromatic carbocycles. The molecule has 0 aromatic heterocycles. The maximum atomic E-state index is 6.28. The van der Waals surface area contributed by atoms with Crippen molar-refractivity contribution in [2.75, 3.05) is 13.1 Å². The molecule has 1 saturated carbocycles. The molecule has 1 aromatic rings. The van der Waals surface area contributed by atoms with Gasteiger partial charge in [-0.15, -0.1) is 0 Å². The van der Waals surface area contributed by atoms with Gasteiger partial charge in [0, 0.05) is 30.2 Å². The first-order valence-corrected chi connectivity index (χ1v) is 7.76. The van der Waals surface area contributed by atoms with Gasteiger partial charge in [-0.1, -0.05) is 30.7 Å². The largest absolute Gasteiger partial charge is 0.327 e. The molecule has 0 radical (unpaired) electrons. The van der Waals surface area contributed by atoms with Gasteiger partial charge in [-0.25, -0.2) is 0 Å². The number of rotatable bonds is 2. The molecule has 0 bridgehead atoms. The monoisotopic (exact) mass is 278 g/mol. The van der Waals surface area contributed by atoms with Gasteiger partial charge in [0.25, 0.3) is 0 Å². The first-order valence-electron chi connectivity index (χ1n) is 7.38. The Morgan fingerprint density at radius 2 is 2.11 bits per heavy atom. The minimum atomic E-state index is 0.297. The molecule has 2 nitrogen and oxygen atoms in total. The van der Waals surface area contributed by atoms with Crippen molar-refractivity contribution in [3.8, 4) is 0 Å². The summed E-state index contributed by atoms with van der Waals surface area (Å²) in [6.45, 7) is 4.57. The van der Waals surface area contributed by atoms with Crippen molar-refractivity contribution < 1.29 is 0 Å². The Balaban J connectivity index is 1.75. The molecule has 1 aliphatic heterocycles. The van der Waals surface area contributed by atoms with E-state index in [9.17, 15) is 0 Å². The van der Waals surface area contributed by atoms with Crippen molar-refractivity contribution >= 4 is 11.6 Å². The normalized spacial score (nSPS) is 35.9. The minimum absolute atomic E-state index is 0.297. The van der Waals surface area contributed by atoms with E-state index in [0.29, 0.717) is 12.0 Å². The molecule has 4 unspecified atom stereocenters. The van der Waals surface area contributed by atoms with E-state index < -0.39 is 0 Å². The van der Waals surface area contributed by atoms with Crippen molar-refractivity contribution in [3.63, 3.8) is 0 Å². The van der Waals surface area contributed by atoms with Gasteiger partial charge in [0.1, 0.15) is 0 Å². The molecule has 19 heavy (non-hydrogen) atoms. The van der Waals surface area contributed by atoms with Crippen molar-refractivity contribution in [1.82, 2.24) is 4.90 Å². The molecule has 2 fully saturated rings. The Morgan fingerprint density at radius 3 is 2.74 bits per heavy atom. The molecule has 1 saturated heterocycles. The Morgan fingerprint density at radius 1 is 1.26 bits per heavy atom. The third-order valence-corrected chi connectivity index (χ3v) is 5.11. The SMILES string of the molecule is CC1CCC1N1CC(N)CC(c2cccc(Cl)c2)C1. The number of piperidine rings is 1. The number of hydrogen-bond acceptors (Lipinski definition) is 2. The zero-order chi connectivity index (χ0) is 13.4. The van der Waals surface area contributed by atoms with Gasteiger partial charge in [0.05, 0.1) is 0 Å². The van der Waals surface area contributed by atoms with Crippen molar-refractivity contribution in [2.45, 2.75) is 44.2 Å². The molecule has 1 heterocycles. The minimum Gasteiger partial charge on any atom is -0.327 e. The average molecular weight is 279 g/mol. The van der Waals surface area contributed by atoms with Crippen LogP contribution in [-0.2, 0) is 0 Å². The number of nitrogens with two attached hydrogens (primary N) is 1. The lowest BCUT2D eigenvalue weighted by molar-refractivity contribution is 0.0419. The molecule has 4 atom stereocenters. The second-order valence-corrected chi connectivity index (χ2v) is 6.76. The fraction of sp³-hybridized carbons (Fsp3) is 0.625. The summed E-state index contributed by atoms with van der Waals surface area (Å²) in [5, 5.41) is 0.834. The van der Waals surface area contributed by atoms with Crippen LogP contribution in [-0.4, -0.2) is 30.1 Å². The van der Waals surface area contributed by atoms with Gasteiger partial charge in [0.2, 0.25) is 0 Å². The highest BCUT2D eigenvalue weighted by Crippen LogP contribution is 2.36. The van der Waals surface area contributed by atoms with Gasteiger partial charge in [0.15, 0.2) is 0 Å². The van der Waals surface area contributed by atoms with Crippen LogP contribution < -0.4 is 5.73 Å². The zero-order valence-electron chi connectivity index (χ0n) is 11.6. The zero-order valence-corrected chi connectivity index (χ0v) is 12.3. The highest BCUT2D eigenvalue weighted by molar-refractivity contribution is 6.30. The predicted molar refractivity (Wildman–Crippen MR) is 80.5 cm³/mol. The van der Waals surface area contributed by atoms with Crippen LogP contribution in [0, 0.1) is 5.92 Å². The number of likely N-dealkylation sites (tertiary alicyclic amines) is 1. The summed E-state index contributed by atoms with van der Waals surface area (Å²) in [6.07, 6.45) is 3.80. The molecular formula is C16H23ClN2. The van der Waals surface area contributed by atoms with Crippen molar-refractivity contribution in [3.05, 3.63) is 34.9 Å². The number of nitrogens with zero attached hydrogens (tertiary/aromatic N) is 1. The van der Waals surface area contributed by atoms with Crippen LogP contribution in [0.4, 0.5) is 0 Å². The Kier molecular flexibility index (Phi) is 3.84. The van der Waals surface area contributed by atoms with Crippen LogP contribution in [0.15, 0.2) is 24.3 Å². The Hall–Kier alpha value is -0.570. The quantitative estimate of drug-likeness (QED) is 0.900. The molecule has 2 N–H and O–H groups in total. The third-order valence-electron chi connectivity index (χ3n) is 4.87. The van der Waals surface area contributed by atoms with Crippen molar-refractivity contribution in [2.24, 2.45) is 11.7 Å². The molecule has 0 amide bonds. The summed E-state index contributed by atoms with van der Waals surface area (Å²) >= 11 is 6.12. The maximum absolute atomic E-state index is 6.28. The lowest BCUT2D eigenvalue weighted by Gasteiger charge is -2.48. The number of hydrogen-bond donors (Lipinski definition) is 1. The highest BCUT2D eigenvalue weighted by atomic mass is 35.5. The lowest BCUT2D eigenvalue weighted by Crippen LogP contribution is -2.55. The third kappa shape index (κ3) is 2.81. The predicted octanol–water partition coefficient (Wildman–Crippen LogP) is 3.26. The molecule has 0 spiro atoms. The summed E-state index contributed by atoms with van der Waals surface area (Å²) in [5.41, 5.74) is 7.63. The van der Waals surface area contributed by atoms with E-state index in [1.54, 1.807) is 0 Å². The van der Waals surface area contributed by atoms with E-state index in [1.165, 1.54) is 18.4 Å². The van der Waals surface area contributed by atoms with E-state index in [2.05, 4.69) is 24.0 Å². The second kappa shape index (κ2) is 5.43. The Labute approximate surface area is 120 Å². The standard InChI is InChI=1S/C16H23ClN2/c1-11-5-6-16(11)19-9-13(8-15(18)10-19)12-3-2-4-14(17)7-12/h2-4,7,11,13,15-16H,5-6,8-10,18H2,1H3. The topological polar surface area (TPSA) is 29.3 Å². The average Bonchev–Trinajstić information content (AvgIpc) is 2.36. The molecular weight excluding hydrogens is 256 g/mol. The molecule has 104 valence electrons. The number of benzene rings is 1. The molecule has 2 aliphatic rings. The van der Waals surface area contributed by atoms with Gasteiger partial charge in [-0.05, 0) is 48.8 Å². The van der Waals surface area contributed by atoms with Gasteiger partial charge >= 0.3 is 0 Å². The van der Waals surface area contributed by atoms with E-state index in [0.717, 1.165) is 36.5 Å². The van der Waals surface area contributed by atoms with Crippen LogP contribution >= 0.6 is 11.6 Å². The molecule has 3 heteroatoms. The fourth-order valence-electron chi connectivity index (χ4n) is 3.64. The summed E-state index contributed by atoms with van der Waals surface area (Å²) in [7, 11) is 0. The van der Waals surface area contributed by atoms with Crippen LogP contribution in [0.25, 0.3) is 0 Å². The van der Waals surface area contributed by atoms with Crippen LogP contribution in [0.5, 0.6) is 0 Å². The van der Waals surface area contributed by atoms with E-state index in [4.69, 9.17) is 17.3 Å². The Bertz CT molecular complexity index is 448. The smallest absolute Gasteiger partial charge is 0.0408 e. The van der Waals surface area contributed by atoms with E-state index in [1.807, 2.05) is 12.1 Å².